The largest absolute Gasteiger partial charge is 0.0972 e. The van der Waals surface area contributed by atoms with Crippen LogP contribution in [0.15, 0.2) is 80.8 Å². The molecule has 110 valence electrons. The molecule has 0 spiro atoms. The van der Waals surface area contributed by atoms with Crippen LogP contribution in [-0.4, -0.2) is 0 Å². The van der Waals surface area contributed by atoms with Crippen molar-refractivity contribution in [2.45, 2.75) is 36.5 Å². The second-order valence-electron chi connectivity index (χ2n) is 5.36. The molecular weight excluding hydrogens is 292 g/mol. The number of thioether (sulfide) groups is 2. The molecule has 0 aliphatic heterocycles. The van der Waals surface area contributed by atoms with Gasteiger partial charge >= 0.3 is 0 Å². The maximum atomic E-state index is 2.31. The van der Waals surface area contributed by atoms with Crippen LogP contribution in [0.5, 0.6) is 0 Å². The summed E-state index contributed by atoms with van der Waals surface area (Å²) >= 11 is 3.71. The van der Waals surface area contributed by atoms with E-state index in [4.69, 9.17) is 0 Å². The highest BCUT2D eigenvalue weighted by molar-refractivity contribution is 8.06. The van der Waals surface area contributed by atoms with Crippen LogP contribution >= 0.6 is 23.5 Å². The van der Waals surface area contributed by atoms with Gasteiger partial charge in [0, 0.05) is 9.79 Å². The van der Waals surface area contributed by atoms with Gasteiger partial charge < -0.3 is 0 Å². The summed E-state index contributed by atoms with van der Waals surface area (Å²) in [6.45, 7) is 4.57. The molecule has 2 heteroatoms. The van der Waals surface area contributed by atoms with Gasteiger partial charge in [0.25, 0.3) is 0 Å². The third-order valence-corrected chi connectivity index (χ3v) is 5.22. The second kappa shape index (κ2) is 9.01. The highest BCUT2D eigenvalue weighted by Crippen LogP contribution is 2.34. The van der Waals surface area contributed by atoms with Crippen LogP contribution in [0.3, 0.4) is 0 Å². The summed E-state index contributed by atoms with van der Waals surface area (Å²) in [5, 5.41) is 2.31. The molecule has 0 amide bonds. The molecule has 0 bridgehead atoms. The first-order valence-electron chi connectivity index (χ1n) is 7.37. The molecule has 2 aromatic rings. The summed E-state index contributed by atoms with van der Waals surface area (Å²) in [7, 11) is 0. The maximum Gasteiger partial charge on any atom is 0.0119 e. The van der Waals surface area contributed by atoms with Gasteiger partial charge in [-0.2, -0.15) is 0 Å². The Morgan fingerprint density at radius 2 is 1.48 bits per heavy atom. The third kappa shape index (κ3) is 6.45. The van der Waals surface area contributed by atoms with Gasteiger partial charge in [-0.3, -0.25) is 0 Å². The van der Waals surface area contributed by atoms with Crippen LogP contribution in [0.25, 0.3) is 0 Å². The van der Waals surface area contributed by atoms with E-state index in [9.17, 15) is 0 Å². The summed E-state index contributed by atoms with van der Waals surface area (Å²) in [4.78, 5) is 4.07. The minimum atomic E-state index is 0.742. The van der Waals surface area contributed by atoms with Crippen LogP contribution < -0.4 is 0 Å². The first-order chi connectivity index (χ1) is 10.2. The first-order valence-corrected chi connectivity index (χ1v) is 9.07. The molecule has 0 saturated heterocycles. The standard InChI is InChI=1S/C19H22S2/c1-16(2)13-14-19(21-18-11-7-4-8-12-18)15-20-17-9-5-3-6-10-17/h3-12,15-16H,13-14H2,1-2H3/b19-15-. The lowest BCUT2D eigenvalue weighted by molar-refractivity contribution is 0.592. The minimum absolute atomic E-state index is 0.742. The van der Waals surface area contributed by atoms with Crippen molar-refractivity contribution in [3.8, 4) is 0 Å². The Kier molecular flexibility index (Phi) is 6.98. The fourth-order valence-corrected chi connectivity index (χ4v) is 3.69. The fourth-order valence-electron chi connectivity index (χ4n) is 1.84. The molecule has 0 aliphatic carbocycles. The van der Waals surface area contributed by atoms with E-state index in [0.717, 1.165) is 12.3 Å². The second-order valence-corrected chi connectivity index (χ2v) is 7.51. The molecule has 0 heterocycles. The summed E-state index contributed by atoms with van der Waals surface area (Å²) < 4.78 is 0. The molecule has 0 aliphatic rings. The molecule has 0 atom stereocenters. The van der Waals surface area contributed by atoms with Crippen molar-refractivity contribution in [1.82, 2.24) is 0 Å². The molecule has 2 rings (SSSR count). The van der Waals surface area contributed by atoms with E-state index >= 15 is 0 Å². The predicted molar refractivity (Wildman–Crippen MR) is 96.8 cm³/mol. The fraction of sp³-hybridized carbons (Fsp3) is 0.263. The zero-order chi connectivity index (χ0) is 14.9. The van der Waals surface area contributed by atoms with Gasteiger partial charge in [0.2, 0.25) is 0 Å². The Bertz CT molecular complexity index is 544. The molecule has 0 radical (unpaired) electrons. The molecule has 0 nitrogen and oxygen atoms in total. The van der Waals surface area contributed by atoms with Gasteiger partial charge in [-0.25, -0.2) is 0 Å². The predicted octanol–water partition coefficient (Wildman–Crippen LogP) is 6.85. The van der Waals surface area contributed by atoms with Crippen molar-refractivity contribution >= 4 is 23.5 Å². The molecular formula is C19H22S2. The molecule has 0 unspecified atom stereocenters. The summed E-state index contributed by atoms with van der Waals surface area (Å²) in [5.74, 6) is 0.742. The molecule has 21 heavy (non-hydrogen) atoms. The summed E-state index contributed by atoms with van der Waals surface area (Å²) in [6.07, 6.45) is 2.39. The van der Waals surface area contributed by atoms with Crippen molar-refractivity contribution in [3.05, 3.63) is 71.0 Å². The van der Waals surface area contributed by atoms with E-state index in [1.165, 1.54) is 21.1 Å². The van der Waals surface area contributed by atoms with Gasteiger partial charge in [0.1, 0.15) is 0 Å². The number of benzene rings is 2. The van der Waals surface area contributed by atoms with E-state index < -0.39 is 0 Å². The number of hydrogen-bond acceptors (Lipinski definition) is 2. The summed E-state index contributed by atoms with van der Waals surface area (Å²) in [5.41, 5.74) is 0. The average molecular weight is 315 g/mol. The minimum Gasteiger partial charge on any atom is -0.0972 e. The van der Waals surface area contributed by atoms with E-state index in [1.807, 2.05) is 23.5 Å². The van der Waals surface area contributed by atoms with Gasteiger partial charge in [0.15, 0.2) is 0 Å². The normalized spacial score (nSPS) is 11.9. The van der Waals surface area contributed by atoms with E-state index in [-0.39, 0.29) is 0 Å². The van der Waals surface area contributed by atoms with Crippen LogP contribution in [0.1, 0.15) is 26.7 Å². The lowest BCUT2D eigenvalue weighted by atomic mass is 10.1. The van der Waals surface area contributed by atoms with Gasteiger partial charge in [-0.05, 0) is 53.3 Å². The van der Waals surface area contributed by atoms with Crippen molar-refractivity contribution in [3.63, 3.8) is 0 Å². The quantitative estimate of drug-likeness (QED) is 0.513. The van der Waals surface area contributed by atoms with E-state index in [1.54, 1.807) is 0 Å². The van der Waals surface area contributed by atoms with E-state index in [0.29, 0.717) is 0 Å². The zero-order valence-corrected chi connectivity index (χ0v) is 14.3. The maximum absolute atomic E-state index is 2.31. The lowest BCUT2D eigenvalue weighted by Gasteiger charge is -2.09. The Morgan fingerprint density at radius 3 is 2.05 bits per heavy atom. The lowest BCUT2D eigenvalue weighted by Crippen LogP contribution is -1.88. The monoisotopic (exact) mass is 314 g/mol. The van der Waals surface area contributed by atoms with Crippen LogP contribution in [0.4, 0.5) is 0 Å². The Morgan fingerprint density at radius 1 is 0.905 bits per heavy atom. The highest BCUT2D eigenvalue weighted by Gasteiger charge is 2.03. The smallest absolute Gasteiger partial charge is 0.0119 e. The Balaban J connectivity index is 2.04. The van der Waals surface area contributed by atoms with Gasteiger partial charge in [0.05, 0.1) is 0 Å². The Labute approximate surface area is 137 Å². The van der Waals surface area contributed by atoms with E-state index in [2.05, 4.69) is 79.9 Å². The van der Waals surface area contributed by atoms with Crippen LogP contribution in [0, 0.1) is 5.92 Å². The topological polar surface area (TPSA) is 0 Å². The van der Waals surface area contributed by atoms with Gasteiger partial charge in [-0.15, -0.1) is 0 Å². The molecule has 2 aromatic carbocycles. The molecule has 0 fully saturated rings. The first kappa shape index (κ1) is 16.3. The molecule has 0 N–H and O–H groups in total. The molecule has 0 aromatic heterocycles. The Hall–Kier alpha value is -1.12. The van der Waals surface area contributed by atoms with Crippen molar-refractivity contribution in [2.24, 2.45) is 5.92 Å². The highest BCUT2D eigenvalue weighted by atomic mass is 32.2. The zero-order valence-electron chi connectivity index (χ0n) is 12.7. The van der Waals surface area contributed by atoms with Crippen molar-refractivity contribution < 1.29 is 0 Å². The molecule has 0 saturated carbocycles. The summed E-state index contributed by atoms with van der Waals surface area (Å²) in [6, 6.07) is 21.2. The van der Waals surface area contributed by atoms with Gasteiger partial charge in [-0.1, -0.05) is 73.8 Å². The van der Waals surface area contributed by atoms with Crippen LogP contribution in [0.2, 0.25) is 0 Å². The number of rotatable bonds is 7. The average Bonchev–Trinajstić information content (AvgIpc) is 2.52. The third-order valence-electron chi connectivity index (χ3n) is 3.03. The number of hydrogen-bond donors (Lipinski definition) is 0. The van der Waals surface area contributed by atoms with Crippen molar-refractivity contribution in [1.29, 1.82) is 0 Å². The van der Waals surface area contributed by atoms with Crippen molar-refractivity contribution in [2.75, 3.05) is 0 Å². The SMILES string of the molecule is CC(C)CC/C(=C/Sc1ccccc1)Sc1ccccc1. The number of allylic oxidation sites excluding steroid dienone is 1. The van der Waals surface area contributed by atoms with Crippen LogP contribution in [-0.2, 0) is 0 Å².